The molecule has 2 aromatic carbocycles. The number of anilines is 2. The highest BCUT2D eigenvalue weighted by Crippen LogP contribution is 2.20. The second-order valence-corrected chi connectivity index (χ2v) is 7.30. The molecule has 0 aliphatic carbocycles. The molecule has 1 fully saturated rings. The van der Waals surface area contributed by atoms with E-state index in [0.29, 0.717) is 28.4 Å². The van der Waals surface area contributed by atoms with E-state index in [2.05, 4.69) is 17.6 Å². The van der Waals surface area contributed by atoms with Crippen LogP contribution in [-0.2, 0) is 4.79 Å². The average molecular weight is 379 g/mol. The van der Waals surface area contributed by atoms with Crippen LogP contribution in [0.25, 0.3) is 0 Å². The molecule has 1 aliphatic rings. The van der Waals surface area contributed by atoms with E-state index >= 15 is 0 Å². The van der Waals surface area contributed by atoms with Crippen molar-refractivity contribution in [2.45, 2.75) is 26.7 Å². The number of nitrogens with zero attached hydrogens (tertiary/aromatic N) is 1. The van der Waals surface area contributed by atoms with E-state index in [9.17, 15) is 14.4 Å². The van der Waals surface area contributed by atoms with Gasteiger partial charge in [-0.2, -0.15) is 0 Å². The van der Waals surface area contributed by atoms with Crippen LogP contribution in [0.5, 0.6) is 0 Å². The zero-order valence-electron chi connectivity index (χ0n) is 16.2. The largest absolute Gasteiger partial charge is 0.338 e. The summed E-state index contributed by atoms with van der Waals surface area (Å²) in [6, 6.07) is 13.7. The van der Waals surface area contributed by atoms with Gasteiger partial charge in [0, 0.05) is 42.5 Å². The van der Waals surface area contributed by atoms with Gasteiger partial charge in [-0.15, -0.1) is 0 Å². The number of piperidine rings is 1. The first-order chi connectivity index (χ1) is 13.4. The molecule has 0 aromatic heterocycles. The quantitative estimate of drug-likeness (QED) is 0.849. The molecule has 0 bridgehead atoms. The van der Waals surface area contributed by atoms with Crippen molar-refractivity contribution < 1.29 is 14.4 Å². The number of likely N-dealkylation sites (tertiary alicyclic amines) is 1. The van der Waals surface area contributed by atoms with Gasteiger partial charge < -0.3 is 15.5 Å². The molecule has 0 saturated carbocycles. The van der Waals surface area contributed by atoms with E-state index in [0.717, 1.165) is 25.9 Å². The first-order valence-corrected chi connectivity index (χ1v) is 9.51. The fourth-order valence-corrected chi connectivity index (χ4v) is 3.43. The van der Waals surface area contributed by atoms with Crippen molar-refractivity contribution in [1.82, 2.24) is 4.90 Å². The van der Waals surface area contributed by atoms with Gasteiger partial charge in [-0.1, -0.05) is 19.1 Å². The van der Waals surface area contributed by atoms with Crippen LogP contribution in [0.2, 0.25) is 0 Å². The number of amides is 3. The maximum atomic E-state index is 12.8. The van der Waals surface area contributed by atoms with E-state index < -0.39 is 0 Å². The molecule has 6 heteroatoms. The number of carbonyl (C=O) groups excluding carboxylic acids is 3. The van der Waals surface area contributed by atoms with E-state index in [1.54, 1.807) is 48.5 Å². The highest BCUT2D eigenvalue weighted by atomic mass is 16.2. The first kappa shape index (κ1) is 19.6. The molecule has 0 radical (unpaired) electrons. The molecular formula is C22H25N3O3. The van der Waals surface area contributed by atoms with E-state index in [4.69, 9.17) is 0 Å². The van der Waals surface area contributed by atoms with Crippen molar-refractivity contribution in [3.63, 3.8) is 0 Å². The number of hydrogen-bond donors (Lipinski definition) is 2. The van der Waals surface area contributed by atoms with Crippen LogP contribution >= 0.6 is 0 Å². The third-order valence-corrected chi connectivity index (χ3v) is 4.76. The number of nitrogens with one attached hydrogen (secondary N) is 2. The van der Waals surface area contributed by atoms with E-state index in [-0.39, 0.29) is 17.7 Å². The summed E-state index contributed by atoms with van der Waals surface area (Å²) in [6.45, 7) is 5.09. The Balaban J connectivity index is 1.72. The summed E-state index contributed by atoms with van der Waals surface area (Å²) in [5.41, 5.74) is 2.11. The summed E-state index contributed by atoms with van der Waals surface area (Å²) in [5.74, 6) is -0.0164. The summed E-state index contributed by atoms with van der Waals surface area (Å²) in [5, 5.41) is 5.49. The van der Waals surface area contributed by atoms with Crippen LogP contribution in [0, 0.1) is 5.92 Å². The lowest BCUT2D eigenvalue weighted by molar-refractivity contribution is -0.114. The van der Waals surface area contributed by atoms with Crippen LogP contribution in [0.1, 0.15) is 47.4 Å². The second-order valence-electron chi connectivity index (χ2n) is 7.30. The summed E-state index contributed by atoms with van der Waals surface area (Å²) in [7, 11) is 0. The smallest absolute Gasteiger partial charge is 0.255 e. The molecular weight excluding hydrogens is 354 g/mol. The highest BCUT2D eigenvalue weighted by molar-refractivity contribution is 6.06. The summed E-state index contributed by atoms with van der Waals surface area (Å²) in [6.07, 6.45) is 2.15. The standard InChI is InChI=1S/C22H25N3O3/c1-15-6-5-11-25(14-15)22(28)18-8-3-7-17(12-18)21(27)24-20-10-4-9-19(13-20)23-16(2)26/h3-4,7-10,12-13,15H,5-6,11,14H2,1-2H3,(H,23,26)(H,24,27). The lowest BCUT2D eigenvalue weighted by Gasteiger charge is -2.31. The highest BCUT2D eigenvalue weighted by Gasteiger charge is 2.22. The minimum atomic E-state index is -0.304. The van der Waals surface area contributed by atoms with Gasteiger partial charge in [0.2, 0.25) is 5.91 Å². The van der Waals surface area contributed by atoms with Crippen molar-refractivity contribution in [3.05, 3.63) is 59.7 Å². The molecule has 146 valence electrons. The van der Waals surface area contributed by atoms with Gasteiger partial charge in [0.05, 0.1) is 0 Å². The number of carbonyl (C=O) groups is 3. The van der Waals surface area contributed by atoms with Crippen LogP contribution in [0.4, 0.5) is 11.4 Å². The van der Waals surface area contributed by atoms with Crippen molar-refractivity contribution in [3.8, 4) is 0 Å². The van der Waals surface area contributed by atoms with E-state index in [1.807, 2.05) is 4.90 Å². The number of hydrogen-bond acceptors (Lipinski definition) is 3. The summed E-state index contributed by atoms with van der Waals surface area (Å²) in [4.78, 5) is 38.5. The predicted molar refractivity (Wildman–Crippen MR) is 109 cm³/mol. The molecule has 1 heterocycles. The molecule has 1 unspecified atom stereocenters. The maximum Gasteiger partial charge on any atom is 0.255 e. The molecule has 1 atom stereocenters. The Kier molecular flexibility index (Phi) is 6.09. The SMILES string of the molecule is CC(=O)Nc1cccc(NC(=O)c2cccc(C(=O)N3CCCC(C)C3)c2)c1. The normalized spacial score (nSPS) is 16.4. The third-order valence-electron chi connectivity index (χ3n) is 4.76. The molecule has 1 aliphatic heterocycles. The summed E-state index contributed by atoms with van der Waals surface area (Å²) < 4.78 is 0. The van der Waals surface area contributed by atoms with Gasteiger partial charge in [-0.25, -0.2) is 0 Å². The zero-order valence-corrected chi connectivity index (χ0v) is 16.2. The second kappa shape index (κ2) is 8.69. The molecule has 3 rings (SSSR count). The average Bonchev–Trinajstić information content (AvgIpc) is 2.67. The zero-order chi connectivity index (χ0) is 20.1. The maximum absolute atomic E-state index is 12.8. The van der Waals surface area contributed by atoms with Gasteiger partial charge in [0.25, 0.3) is 11.8 Å². The molecule has 0 spiro atoms. The Bertz CT molecular complexity index is 894. The van der Waals surface area contributed by atoms with Crippen LogP contribution in [-0.4, -0.2) is 35.7 Å². The molecule has 1 saturated heterocycles. The Hall–Kier alpha value is -3.15. The first-order valence-electron chi connectivity index (χ1n) is 9.51. The van der Waals surface area contributed by atoms with Crippen molar-refractivity contribution in [2.24, 2.45) is 5.92 Å². The predicted octanol–water partition coefficient (Wildman–Crippen LogP) is 3.77. The Labute approximate surface area is 164 Å². The molecule has 3 amide bonds. The fourth-order valence-electron chi connectivity index (χ4n) is 3.43. The Morgan fingerprint density at radius 3 is 2.36 bits per heavy atom. The van der Waals surface area contributed by atoms with Crippen molar-refractivity contribution >= 4 is 29.1 Å². The molecule has 2 N–H and O–H groups in total. The van der Waals surface area contributed by atoms with Gasteiger partial charge >= 0.3 is 0 Å². The topological polar surface area (TPSA) is 78.5 Å². The molecule has 28 heavy (non-hydrogen) atoms. The van der Waals surface area contributed by atoms with Gasteiger partial charge in [0.15, 0.2) is 0 Å². The summed E-state index contributed by atoms with van der Waals surface area (Å²) >= 11 is 0. The van der Waals surface area contributed by atoms with Crippen LogP contribution < -0.4 is 10.6 Å². The Morgan fingerprint density at radius 1 is 0.964 bits per heavy atom. The minimum Gasteiger partial charge on any atom is -0.338 e. The van der Waals surface area contributed by atoms with Crippen molar-refractivity contribution in [2.75, 3.05) is 23.7 Å². The van der Waals surface area contributed by atoms with Crippen LogP contribution in [0.15, 0.2) is 48.5 Å². The van der Waals surface area contributed by atoms with Crippen LogP contribution in [0.3, 0.4) is 0 Å². The number of benzene rings is 2. The van der Waals surface area contributed by atoms with Gasteiger partial charge in [-0.3, -0.25) is 14.4 Å². The van der Waals surface area contributed by atoms with Crippen molar-refractivity contribution in [1.29, 1.82) is 0 Å². The number of rotatable bonds is 4. The minimum absolute atomic E-state index is 0.0335. The van der Waals surface area contributed by atoms with Gasteiger partial charge in [0.1, 0.15) is 0 Å². The van der Waals surface area contributed by atoms with E-state index in [1.165, 1.54) is 6.92 Å². The lowest BCUT2D eigenvalue weighted by atomic mass is 9.99. The lowest BCUT2D eigenvalue weighted by Crippen LogP contribution is -2.39. The molecule has 6 nitrogen and oxygen atoms in total. The Morgan fingerprint density at radius 2 is 1.64 bits per heavy atom. The fraction of sp³-hybridized carbons (Fsp3) is 0.318. The molecule has 2 aromatic rings. The van der Waals surface area contributed by atoms with Gasteiger partial charge in [-0.05, 0) is 55.2 Å². The monoisotopic (exact) mass is 379 g/mol. The third kappa shape index (κ3) is 4.97.